The summed E-state index contributed by atoms with van der Waals surface area (Å²) in [4.78, 5) is 0. The fraction of sp³-hybridized carbons (Fsp3) is 0.333. The molecule has 0 aromatic heterocycles. The Labute approximate surface area is 87.6 Å². The van der Waals surface area contributed by atoms with E-state index in [9.17, 15) is 0 Å². The first kappa shape index (κ1) is 10.6. The van der Waals surface area contributed by atoms with Crippen molar-refractivity contribution in [2.24, 2.45) is 5.73 Å². The monoisotopic (exact) mass is 219 g/mol. The molecule has 0 aliphatic heterocycles. The number of benzene rings is 1. The van der Waals surface area contributed by atoms with Crippen LogP contribution in [0.4, 0.5) is 0 Å². The van der Waals surface area contributed by atoms with Gasteiger partial charge in [-0.3, -0.25) is 0 Å². The first-order valence-corrected chi connectivity index (χ1v) is 4.71. The van der Waals surface area contributed by atoms with Crippen LogP contribution < -0.4 is 10.5 Å². The zero-order valence-electron chi connectivity index (χ0n) is 7.26. The molecule has 72 valence electrons. The molecule has 0 radical (unpaired) electrons. The summed E-state index contributed by atoms with van der Waals surface area (Å²) in [5.74, 6) is 0.687. The van der Waals surface area contributed by atoms with E-state index in [1.54, 1.807) is 18.2 Å². The minimum atomic E-state index is -0.0164. The molecule has 0 fully saturated rings. The van der Waals surface area contributed by atoms with Crippen molar-refractivity contribution in [1.29, 1.82) is 0 Å². The summed E-state index contributed by atoms with van der Waals surface area (Å²) in [6, 6.07) is 5.14. The average Bonchev–Trinajstić information content (AvgIpc) is 2.11. The molecular weight excluding hydrogens is 209 g/mol. The van der Waals surface area contributed by atoms with E-state index in [0.29, 0.717) is 22.3 Å². The minimum Gasteiger partial charge on any atom is -0.489 e. The normalized spacial score (nSPS) is 12.6. The second-order valence-corrected chi connectivity index (χ2v) is 3.55. The van der Waals surface area contributed by atoms with Crippen LogP contribution in [0.25, 0.3) is 0 Å². The molecule has 0 saturated heterocycles. The van der Waals surface area contributed by atoms with Crippen LogP contribution >= 0.6 is 23.2 Å². The van der Waals surface area contributed by atoms with Gasteiger partial charge < -0.3 is 10.5 Å². The summed E-state index contributed by atoms with van der Waals surface area (Å²) >= 11 is 11.5. The maximum atomic E-state index is 5.80. The van der Waals surface area contributed by atoms with Gasteiger partial charge in [0.15, 0.2) is 0 Å². The number of nitrogens with two attached hydrogens (primary N) is 1. The Hall–Kier alpha value is -0.440. The summed E-state index contributed by atoms with van der Waals surface area (Å²) in [5, 5.41) is 1.01. The van der Waals surface area contributed by atoms with Crippen LogP contribution in [-0.4, -0.2) is 12.6 Å². The minimum absolute atomic E-state index is 0.0164. The molecule has 0 aliphatic rings. The third kappa shape index (κ3) is 3.07. The van der Waals surface area contributed by atoms with Gasteiger partial charge in [-0.25, -0.2) is 0 Å². The van der Waals surface area contributed by atoms with Crippen molar-refractivity contribution in [2.45, 2.75) is 13.0 Å². The predicted molar refractivity (Wildman–Crippen MR) is 55.6 cm³/mol. The van der Waals surface area contributed by atoms with Crippen LogP contribution in [0.3, 0.4) is 0 Å². The van der Waals surface area contributed by atoms with E-state index in [1.165, 1.54) is 0 Å². The molecule has 0 bridgehead atoms. The van der Waals surface area contributed by atoms with E-state index < -0.39 is 0 Å². The molecule has 1 rings (SSSR count). The number of halogens is 2. The van der Waals surface area contributed by atoms with Gasteiger partial charge in [-0.1, -0.05) is 23.2 Å². The maximum Gasteiger partial charge on any atom is 0.121 e. The summed E-state index contributed by atoms with van der Waals surface area (Å²) in [5.41, 5.74) is 5.40. The van der Waals surface area contributed by atoms with Crippen molar-refractivity contribution in [1.82, 2.24) is 0 Å². The standard InChI is InChI=1S/C9H11Cl2NO/c1-6(5-12)13-7-2-3-8(10)9(11)4-7/h2-4,6H,5,12H2,1H3. The lowest BCUT2D eigenvalue weighted by Crippen LogP contribution is -2.22. The molecule has 0 heterocycles. The van der Waals surface area contributed by atoms with Crippen LogP contribution in [0.2, 0.25) is 10.0 Å². The van der Waals surface area contributed by atoms with Gasteiger partial charge in [-0.05, 0) is 19.1 Å². The van der Waals surface area contributed by atoms with E-state index >= 15 is 0 Å². The van der Waals surface area contributed by atoms with Crippen LogP contribution in [0.1, 0.15) is 6.92 Å². The molecule has 1 atom stereocenters. The number of rotatable bonds is 3. The van der Waals surface area contributed by atoms with E-state index in [-0.39, 0.29) is 6.10 Å². The summed E-state index contributed by atoms with van der Waals surface area (Å²) in [7, 11) is 0. The van der Waals surface area contributed by atoms with Crippen LogP contribution in [-0.2, 0) is 0 Å². The number of hydrogen-bond donors (Lipinski definition) is 1. The lowest BCUT2D eigenvalue weighted by molar-refractivity contribution is 0.230. The van der Waals surface area contributed by atoms with Crippen molar-refractivity contribution in [3.8, 4) is 5.75 Å². The Bertz CT molecular complexity index is 291. The molecule has 1 unspecified atom stereocenters. The average molecular weight is 220 g/mol. The third-order valence-corrected chi connectivity index (χ3v) is 2.30. The van der Waals surface area contributed by atoms with Crippen molar-refractivity contribution >= 4 is 23.2 Å². The van der Waals surface area contributed by atoms with Gasteiger partial charge in [0.05, 0.1) is 10.0 Å². The maximum absolute atomic E-state index is 5.80. The second kappa shape index (κ2) is 4.70. The Morgan fingerprint density at radius 2 is 2.08 bits per heavy atom. The largest absolute Gasteiger partial charge is 0.489 e. The highest BCUT2D eigenvalue weighted by Gasteiger charge is 2.03. The van der Waals surface area contributed by atoms with Gasteiger partial charge in [0.25, 0.3) is 0 Å². The highest BCUT2D eigenvalue weighted by Crippen LogP contribution is 2.26. The zero-order chi connectivity index (χ0) is 9.84. The molecule has 2 N–H and O–H groups in total. The first-order valence-electron chi connectivity index (χ1n) is 3.95. The molecule has 13 heavy (non-hydrogen) atoms. The Morgan fingerprint density at radius 3 is 2.62 bits per heavy atom. The Kier molecular flexibility index (Phi) is 3.85. The molecule has 2 nitrogen and oxygen atoms in total. The van der Waals surface area contributed by atoms with Gasteiger partial charge in [-0.15, -0.1) is 0 Å². The molecule has 1 aromatic rings. The molecule has 0 aliphatic carbocycles. The fourth-order valence-electron chi connectivity index (χ4n) is 0.831. The number of ether oxygens (including phenoxy) is 1. The molecular formula is C9H11Cl2NO. The van der Waals surface area contributed by atoms with Crippen LogP contribution in [0.5, 0.6) is 5.75 Å². The van der Waals surface area contributed by atoms with Crippen molar-refractivity contribution in [3.05, 3.63) is 28.2 Å². The SMILES string of the molecule is CC(CN)Oc1ccc(Cl)c(Cl)c1. The summed E-state index contributed by atoms with van der Waals surface area (Å²) in [6.45, 7) is 2.36. The van der Waals surface area contributed by atoms with Gasteiger partial charge in [0.1, 0.15) is 11.9 Å². The molecule has 1 aromatic carbocycles. The smallest absolute Gasteiger partial charge is 0.121 e. The van der Waals surface area contributed by atoms with Gasteiger partial charge in [0.2, 0.25) is 0 Å². The Balaban J connectivity index is 2.73. The lowest BCUT2D eigenvalue weighted by atomic mass is 10.3. The van der Waals surface area contributed by atoms with E-state index in [1.807, 2.05) is 6.92 Å². The van der Waals surface area contributed by atoms with E-state index in [2.05, 4.69) is 0 Å². The van der Waals surface area contributed by atoms with Gasteiger partial charge in [-0.2, -0.15) is 0 Å². The first-order chi connectivity index (χ1) is 6.13. The van der Waals surface area contributed by atoms with Crippen LogP contribution in [0, 0.1) is 0 Å². The third-order valence-electron chi connectivity index (χ3n) is 1.56. The molecule has 0 spiro atoms. The highest BCUT2D eigenvalue weighted by molar-refractivity contribution is 6.42. The molecule has 0 amide bonds. The van der Waals surface area contributed by atoms with Gasteiger partial charge >= 0.3 is 0 Å². The quantitative estimate of drug-likeness (QED) is 0.849. The van der Waals surface area contributed by atoms with E-state index in [0.717, 1.165) is 0 Å². The lowest BCUT2D eigenvalue weighted by Gasteiger charge is -2.12. The highest BCUT2D eigenvalue weighted by atomic mass is 35.5. The predicted octanol–water partition coefficient (Wildman–Crippen LogP) is 2.72. The van der Waals surface area contributed by atoms with Crippen LogP contribution in [0.15, 0.2) is 18.2 Å². The van der Waals surface area contributed by atoms with Crippen molar-refractivity contribution in [2.75, 3.05) is 6.54 Å². The van der Waals surface area contributed by atoms with Gasteiger partial charge in [0, 0.05) is 12.6 Å². The summed E-state index contributed by atoms with van der Waals surface area (Å²) in [6.07, 6.45) is -0.0164. The fourth-order valence-corrected chi connectivity index (χ4v) is 1.12. The van der Waals surface area contributed by atoms with Crippen molar-refractivity contribution in [3.63, 3.8) is 0 Å². The van der Waals surface area contributed by atoms with Crippen molar-refractivity contribution < 1.29 is 4.74 Å². The molecule has 0 saturated carbocycles. The number of hydrogen-bond acceptors (Lipinski definition) is 2. The second-order valence-electron chi connectivity index (χ2n) is 2.74. The topological polar surface area (TPSA) is 35.2 Å². The summed E-state index contributed by atoms with van der Waals surface area (Å²) < 4.78 is 5.43. The molecule has 4 heteroatoms. The van der Waals surface area contributed by atoms with E-state index in [4.69, 9.17) is 33.7 Å². The Morgan fingerprint density at radius 1 is 1.38 bits per heavy atom. The zero-order valence-corrected chi connectivity index (χ0v) is 8.77.